The highest BCUT2D eigenvalue weighted by Gasteiger charge is 2.21. The fourth-order valence-corrected chi connectivity index (χ4v) is 2.65. The van der Waals surface area contributed by atoms with Crippen LogP contribution in [-0.2, 0) is 24.3 Å². The smallest absolute Gasteiger partial charge is 0.259 e. The number of carbonyl (C=O) groups is 1. The normalized spacial score (nSPS) is 13.4. The molecule has 1 aliphatic rings. The Hall–Kier alpha value is -2.14. The van der Waals surface area contributed by atoms with Gasteiger partial charge in [0.15, 0.2) is 0 Å². The SMILES string of the molecule is CC(C)OCc1cccc(NC(=O)c2cnn3c2CCC3)c1. The summed E-state index contributed by atoms with van der Waals surface area (Å²) < 4.78 is 7.51. The number of amides is 1. The van der Waals surface area contributed by atoms with Gasteiger partial charge in [-0.05, 0) is 44.4 Å². The van der Waals surface area contributed by atoms with Crippen LogP contribution in [-0.4, -0.2) is 21.8 Å². The fourth-order valence-electron chi connectivity index (χ4n) is 2.65. The zero-order valence-electron chi connectivity index (χ0n) is 13.0. The molecule has 22 heavy (non-hydrogen) atoms. The number of nitrogens with one attached hydrogen (secondary N) is 1. The minimum atomic E-state index is -0.0925. The van der Waals surface area contributed by atoms with Crippen molar-refractivity contribution < 1.29 is 9.53 Å². The Morgan fingerprint density at radius 3 is 3.14 bits per heavy atom. The summed E-state index contributed by atoms with van der Waals surface area (Å²) in [5.74, 6) is -0.0925. The molecule has 0 fully saturated rings. The molecule has 0 bridgehead atoms. The molecule has 0 aliphatic carbocycles. The van der Waals surface area contributed by atoms with Gasteiger partial charge in [0.2, 0.25) is 0 Å². The predicted molar refractivity (Wildman–Crippen MR) is 84.9 cm³/mol. The number of anilines is 1. The third-order valence-corrected chi connectivity index (χ3v) is 3.74. The van der Waals surface area contributed by atoms with Crippen LogP contribution in [0, 0.1) is 0 Å². The maximum Gasteiger partial charge on any atom is 0.259 e. The summed E-state index contributed by atoms with van der Waals surface area (Å²) in [5.41, 5.74) is 3.55. The van der Waals surface area contributed by atoms with Gasteiger partial charge in [0.05, 0.1) is 30.2 Å². The number of hydrogen-bond donors (Lipinski definition) is 1. The molecule has 0 atom stereocenters. The van der Waals surface area contributed by atoms with Crippen molar-refractivity contribution in [2.24, 2.45) is 0 Å². The van der Waals surface area contributed by atoms with E-state index in [1.54, 1.807) is 6.20 Å². The van der Waals surface area contributed by atoms with Crippen LogP contribution in [0.25, 0.3) is 0 Å². The van der Waals surface area contributed by atoms with Crippen molar-refractivity contribution in [2.75, 3.05) is 5.32 Å². The number of benzene rings is 1. The molecule has 0 radical (unpaired) electrons. The second-order valence-electron chi connectivity index (χ2n) is 5.85. The number of hydrogen-bond acceptors (Lipinski definition) is 3. The van der Waals surface area contributed by atoms with Crippen LogP contribution in [0.4, 0.5) is 5.69 Å². The highest BCUT2D eigenvalue weighted by Crippen LogP contribution is 2.20. The highest BCUT2D eigenvalue weighted by molar-refractivity contribution is 6.05. The van der Waals surface area contributed by atoms with E-state index in [1.807, 2.05) is 42.8 Å². The molecule has 116 valence electrons. The first kappa shape index (κ1) is 14.8. The zero-order valence-corrected chi connectivity index (χ0v) is 13.0. The van der Waals surface area contributed by atoms with Gasteiger partial charge in [-0.25, -0.2) is 0 Å². The van der Waals surface area contributed by atoms with E-state index in [-0.39, 0.29) is 12.0 Å². The molecule has 1 N–H and O–H groups in total. The van der Waals surface area contributed by atoms with Gasteiger partial charge in [0.25, 0.3) is 5.91 Å². The summed E-state index contributed by atoms with van der Waals surface area (Å²) in [6.07, 6.45) is 3.83. The van der Waals surface area contributed by atoms with Crippen LogP contribution in [0.5, 0.6) is 0 Å². The van der Waals surface area contributed by atoms with Crippen molar-refractivity contribution in [2.45, 2.75) is 45.9 Å². The minimum absolute atomic E-state index is 0.0925. The molecule has 3 rings (SSSR count). The number of nitrogens with zero attached hydrogens (tertiary/aromatic N) is 2. The minimum Gasteiger partial charge on any atom is -0.374 e. The van der Waals surface area contributed by atoms with Crippen LogP contribution in [0.1, 0.15) is 41.9 Å². The summed E-state index contributed by atoms with van der Waals surface area (Å²) in [7, 11) is 0. The van der Waals surface area contributed by atoms with Crippen molar-refractivity contribution in [3.05, 3.63) is 47.3 Å². The molecular weight excluding hydrogens is 278 g/mol. The van der Waals surface area contributed by atoms with Crippen LogP contribution >= 0.6 is 0 Å². The summed E-state index contributed by atoms with van der Waals surface area (Å²) in [4.78, 5) is 12.4. The van der Waals surface area contributed by atoms with E-state index in [0.717, 1.165) is 36.3 Å². The van der Waals surface area contributed by atoms with Gasteiger partial charge in [-0.1, -0.05) is 12.1 Å². The molecule has 0 unspecified atom stereocenters. The second-order valence-corrected chi connectivity index (χ2v) is 5.85. The molecular formula is C17H21N3O2. The summed E-state index contributed by atoms with van der Waals surface area (Å²) >= 11 is 0. The second kappa shape index (κ2) is 6.32. The third-order valence-electron chi connectivity index (χ3n) is 3.74. The van der Waals surface area contributed by atoms with Crippen LogP contribution in [0.2, 0.25) is 0 Å². The lowest BCUT2D eigenvalue weighted by atomic mass is 10.1. The first-order chi connectivity index (χ1) is 10.6. The van der Waals surface area contributed by atoms with Crippen molar-refractivity contribution in [3.63, 3.8) is 0 Å². The molecule has 5 nitrogen and oxygen atoms in total. The average molecular weight is 299 g/mol. The number of ether oxygens (including phenoxy) is 1. The van der Waals surface area contributed by atoms with Crippen molar-refractivity contribution in [1.29, 1.82) is 0 Å². The molecule has 1 aliphatic heterocycles. The van der Waals surface area contributed by atoms with Gasteiger partial charge in [-0.2, -0.15) is 5.10 Å². The lowest BCUT2D eigenvalue weighted by molar-refractivity contribution is 0.0657. The monoisotopic (exact) mass is 299 g/mol. The Kier molecular flexibility index (Phi) is 4.24. The van der Waals surface area contributed by atoms with E-state index < -0.39 is 0 Å². The molecule has 0 spiro atoms. The average Bonchev–Trinajstić information content (AvgIpc) is 3.08. The van der Waals surface area contributed by atoms with Gasteiger partial charge in [-0.15, -0.1) is 0 Å². The highest BCUT2D eigenvalue weighted by atomic mass is 16.5. The molecule has 1 aromatic carbocycles. The number of aryl methyl sites for hydroxylation is 1. The zero-order chi connectivity index (χ0) is 15.5. The lowest BCUT2D eigenvalue weighted by Crippen LogP contribution is -2.13. The Balaban J connectivity index is 1.70. The fraction of sp³-hybridized carbons (Fsp3) is 0.412. The van der Waals surface area contributed by atoms with E-state index in [1.165, 1.54) is 0 Å². The number of aromatic nitrogens is 2. The van der Waals surface area contributed by atoms with Crippen molar-refractivity contribution in [3.8, 4) is 0 Å². The largest absolute Gasteiger partial charge is 0.374 e. The van der Waals surface area contributed by atoms with Crippen LogP contribution in [0.3, 0.4) is 0 Å². The Morgan fingerprint density at radius 1 is 1.45 bits per heavy atom. The standard InChI is InChI=1S/C17H21N3O2/c1-12(2)22-11-13-5-3-6-14(9-13)19-17(21)15-10-18-20-8-4-7-16(15)20/h3,5-6,9-10,12H,4,7-8,11H2,1-2H3,(H,19,21). The van der Waals surface area contributed by atoms with E-state index in [0.29, 0.717) is 12.2 Å². The van der Waals surface area contributed by atoms with Gasteiger partial charge in [0, 0.05) is 12.2 Å². The summed E-state index contributed by atoms with van der Waals surface area (Å²) in [5, 5.41) is 7.22. The quantitative estimate of drug-likeness (QED) is 0.923. The van der Waals surface area contributed by atoms with Crippen molar-refractivity contribution in [1.82, 2.24) is 9.78 Å². The van der Waals surface area contributed by atoms with Gasteiger partial charge in [0.1, 0.15) is 0 Å². The molecule has 1 amide bonds. The Bertz CT molecular complexity index is 676. The van der Waals surface area contributed by atoms with E-state index >= 15 is 0 Å². The first-order valence-corrected chi connectivity index (χ1v) is 7.70. The Labute approximate surface area is 130 Å². The first-order valence-electron chi connectivity index (χ1n) is 7.70. The molecule has 0 saturated heterocycles. The van der Waals surface area contributed by atoms with Crippen molar-refractivity contribution >= 4 is 11.6 Å². The number of rotatable bonds is 5. The molecule has 5 heteroatoms. The summed E-state index contributed by atoms with van der Waals surface area (Å²) in [6, 6.07) is 7.76. The van der Waals surface area contributed by atoms with E-state index in [4.69, 9.17) is 4.74 Å². The van der Waals surface area contributed by atoms with Gasteiger partial charge in [-0.3, -0.25) is 9.48 Å². The third kappa shape index (κ3) is 3.20. The number of carbonyl (C=O) groups excluding carboxylic acids is 1. The van der Waals surface area contributed by atoms with E-state index in [9.17, 15) is 4.79 Å². The Morgan fingerprint density at radius 2 is 2.32 bits per heavy atom. The predicted octanol–water partition coefficient (Wildman–Crippen LogP) is 3.01. The van der Waals surface area contributed by atoms with Gasteiger partial charge < -0.3 is 10.1 Å². The maximum absolute atomic E-state index is 12.4. The molecule has 2 heterocycles. The van der Waals surface area contributed by atoms with Crippen LogP contribution in [0.15, 0.2) is 30.5 Å². The molecule has 1 aromatic heterocycles. The van der Waals surface area contributed by atoms with E-state index in [2.05, 4.69) is 10.4 Å². The molecule has 2 aromatic rings. The lowest BCUT2D eigenvalue weighted by Gasteiger charge is -2.10. The maximum atomic E-state index is 12.4. The molecule has 0 saturated carbocycles. The number of fused-ring (bicyclic) bond motifs is 1. The van der Waals surface area contributed by atoms with Gasteiger partial charge >= 0.3 is 0 Å². The summed E-state index contributed by atoms with van der Waals surface area (Å²) in [6.45, 7) is 5.47. The topological polar surface area (TPSA) is 56.1 Å². The van der Waals surface area contributed by atoms with Crippen LogP contribution < -0.4 is 5.32 Å².